The van der Waals surface area contributed by atoms with Gasteiger partial charge in [-0.1, -0.05) is 96.3 Å². The average Bonchev–Trinajstić information content (AvgIpc) is 3.78. The summed E-state index contributed by atoms with van der Waals surface area (Å²) in [6.45, 7) is 19.0. The second-order valence-electron chi connectivity index (χ2n) is 19.1. The van der Waals surface area contributed by atoms with Gasteiger partial charge < -0.3 is 71.1 Å². The molecular weight excluding hydrogens is 977 g/mol. The second-order valence-corrected chi connectivity index (χ2v) is 19.1. The number of hydrogen-bond donors (Lipinski definition) is 1. The number of benzene rings is 1. The molecule has 444 valence electrons. The Morgan fingerprint density at radius 2 is 0.553 bits per heavy atom. The number of hydrogen-bond acceptors (Lipinski definition) is 16. The van der Waals surface area contributed by atoms with Gasteiger partial charge in [0, 0.05) is 52.4 Å². The maximum absolute atomic E-state index is 6.65. The molecule has 0 radical (unpaired) electrons. The number of H-pyrrole nitrogens is 1. The molecule has 0 saturated heterocycles. The maximum atomic E-state index is 6.65. The zero-order valence-corrected chi connectivity index (χ0v) is 48.5. The largest absolute Gasteiger partial charge is 0.490 e. The minimum atomic E-state index is 0.581. The van der Waals surface area contributed by atoms with E-state index >= 15 is 0 Å². The van der Waals surface area contributed by atoms with E-state index in [1.807, 2.05) is 6.92 Å². The predicted molar refractivity (Wildman–Crippen MR) is 300 cm³/mol. The van der Waals surface area contributed by atoms with Crippen LogP contribution < -0.4 is 14.2 Å². The molecule has 17 nitrogen and oxygen atoms in total. The third-order valence-electron chi connectivity index (χ3n) is 12.5. The zero-order chi connectivity index (χ0) is 54.3. The Balaban J connectivity index is 1.80. The van der Waals surface area contributed by atoms with E-state index < -0.39 is 0 Å². The van der Waals surface area contributed by atoms with E-state index in [0.717, 1.165) is 112 Å². The minimum Gasteiger partial charge on any atom is -0.490 e. The van der Waals surface area contributed by atoms with Crippen LogP contribution in [0.3, 0.4) is 0 Å². The number of nitrogens with one attached hydrogen (secondary N) is 1. The van der Waals surface area contributed by atoms with E-state index in [1.54, 1.807) is 21.3 Å². The van der Waals surface area contributed by atoms with E-state index in [-0.39, 0.29) is 0 Å². The van der Waals surface area contributed by atoms with Gasteiger partial charge in [-0.25, -0.2) is 0 Å². The van der Waals surface area contributed by atoms with E-state index in [0.29, 0.717) is 144 Å². The van der Waals surface area contributed by atoms with Crippen molar-refractivity contribution in [2.45, 2.75) is 149 Å². The molecule has 0 spiro atoms. The first-order valence-electron chi connectivity index (χ1n) is 29.4. The number of aryl methyl sites for hydroxylation is 2. The first-order chi connectivity index (χ1) is 37.6. The smallest absolute Gasteiger partial charge is 0.203 e. The third-order valence-corrected chi connectivity index (χ3v) is 12.5. The molecule has 1 N–H and O–H groups in total. The first kappa shape index (κ1) is 69.5. The Morgan fingerprint density at radius 3 is 0.829 bits per heavy atom. The van der Waals surface area contributed by atoms with Crippen LogP contribution in [0.4, 0.5) is 0 Å². The highest BCUT2D eigenvalue weighted by Gasteiger charge is 2.20. The summed E-state index contributed by atoms with van der Waals surface area (Å²) in [6, 6.07) is 4.25. The molecule has 0 aliphatic carbocycles. The number of unbranched alkanes of at least 4 members (excludes halogenated alkanes) is 18. The topological polar surface area (TPSA) is 167 Å². The Labute approximate surface area is 460 Å². The fraction of sp³-hybridized carbons (Fsp3) is 0.847. The lowest BCUT2D eigenvalue weighted by Crippen LogP contribution is -2.11. The van der Waals surface area contributed by atoms with Gasteiger partial charge >= 0.3 is 0 Å². The van der Waals surface area contributed by atoms with Crippen LogP contribution in [0.2, 0.25) is 0 Å². The summed E-state index contributed by atoms with van der Waals surface area (Å²) in [5.74, 6) is 2.20. The lowest BCUT2D eigenvalue weighted by Gasteiger charge is -2.19. The van der Waals surface area contributed by atoms with Crippen molar-refractivity contribution in [2.75, 3.05) is 180 Å². The highest BCUT2D eigenvalue weighted by atomic mass is 16.6. The molecule has 2 rings (SSSR count). The molecule has 1 aromatic heterocycles. The molecule has 0 fully saturated rings. The predicted octanol–water partition coefficient (Wildman–Crippen LogP) is 11.1. The van der Waals surface area contributed by atoms with Gasteiger partial charge in [-0.15, -0.1) is 0 Å². The average molecular weight is 1090 g/mol. The van der Waals surface area contributed by atoms with Crippen LogP contribution >= 0.6 is 0 Å². The van der Waals surface area contributed by atoms with Crippen molar-refractivity contribution in [3.63, 3.8) is 0 Å². The van der Waals surface area contributed by atoms with Crippen LogP contribution in [-0.4, -0.2) is 190 Å². The van der Waals surface area contributed by atoms with Crippen LogP contribution in [0, 0.1) is 13.8 Å². The molecule has 0 atom stereocenters. The Bertz CT molecular complexity index is 1440. The van der Waals surface area contributed by atoms with Gasteiger partial charge in [0.1, 0.15) is 0 Å². The molecule has 1 aromatic carbocycles. The molecule has 0 bridgehead atoms. The first-order valence-corrected chi connectivity index (χ1v) is 29.4. The normalized spacial score (nSPS) is 11.6. The van der Waals surface area contributed by atoms with Crippen molar-refractivity contribution < 1.29 is 71.1 Å². The lowest BCUT2D eigenvalue weighted by atomic mass is 10.0. The van der Waals surface area contributed by atoms with Gasteiger partial charge in [-0.2, -0.15) is 5.10 Å². The summed E-state index contributed by atoms with van der Waals surface area (Å²) in [5, 5.41) is 7.70. The van der Waals surface area contributed by atoms with Crippen molar-refractivity contribution in [3.05, 3.63) is 23.5 Å². The standard InChI is InChI=1S/C59H108N2O15/c1-53-58(54(2)61-60-53)55-51-56(74-30-24-18-12-6-9-15-21-27-65-39-42-71-48-45-68-36-33-62-3)59(76-32-26-20-14-8-11-17-23-29-67-41-44-73-50-47-70-38-35-64-5)57(52-55)75-31-25-19-13-7-10-16-22-28-66-40-43-72-49-46-69-37-34-63-4/h51-52H,6-50H2,1-5H3,(H,60,61). The van der Waals surface area contributed by atoms with Crippen molar-refractivity contribution in [2.24, 2.45) is 0 Å². The van der Waals surface area contributed by atoms with Crippen molar-refractivity contribution in [1.82, 2.24) is 10.2 Å². The van der Waals surface area contributed by atoms with Crippen LogP contribution in [0.15, 0.2) is 12.1 Å². The summed E-state index contributed by atoms with van der Waals surface area (Å²) < 4.78 is 85.0. The second kappa shape index (κ2) is 54.3. The summed E-state index contributed by atoms with van der Waals surface area (Å²) in [7, 11) is 5.01. The number of methoxy groups -OCH3 is 3. The van der Waals surface area contributed by atoms with Crippen LogP contribution in [0.25, 0.3) is 11.1 Å². The molecular formula is C59H108N2O15. The number of nitrogens with zero attached hydrogens (tertiary/aromatic N) is 1. The Hall–Kier alpha value is -2.65. The molecule has 1 heterocycles. The van der Waals surface area contributed by atoms with E-state index in [2.05, 4.69) is 29.3 Å². The minimum absolute atomic E-state index is 0.581. The molecule has 2 aromatic rings. The third kappa shape index (κ3) is 40.5. The fourth-order valence-electron chi connectivity index (χ4n) is 8.22. The number of aromatic nitrogens is 2. The Morgan fingerprint density at radius 1 is 0.303 bits per heavy atom. The molecule has 0 saturated carbocycles. The van der Waals surface area contributed by atoms with E-state index in [4.69, 9.17) is 71.1 Å². The lowest BCUT2D eigenvalue weighted by molar-refractivity contribution is 0.00323. The van der Waals surface area contributed by atoms with E-state index in [9.17, 15) is 0 Å². The number of ether oxygens (including phenoxy) is 15. The van der Waals surface area contributed by atoms with Gasteiger partial charge in [0.05, 0.1) is 144 Å². The molecule has 76 heavy (non-hydrogen) atoms. The highest BCUT2D eigenvalue weighted by Crippen LogP contribution is 2.43. The molecule has 0 aliphatic heterocycles. The van der Waals surface area contributed by atoms with Gasteiger partial charge in [0.15, 0.2) is 11.5 Å². The highest BCUT2D eigenvalue weighted by molar-refractivity contribution is 5.74. The maximum Gasteiger partial charge on any atom is 0.203 e. The van der Waals surface area contributed by atoms with Gasteiger partial charge in [-0.05, 0) is 70.1 Å². The summed E-state index contributed by atoms with van der Waals surface area (Å²) in [6.07, 6.45) is 23.9. The van der Waals surface area contributed by atoms with Gasteiger partial charge in [0.25, 0.3) is 0 Å². The number of aromatic amines is 1. The summed E-state index contributed by atoms with van der Waals surface area (Å²) >= 11 is 0. The summed E-state index contributed by atoms with van der Waals surface area (Å²) in [4.78, 5) is 0. The van der Waals surface area contributed by atoms with Crippen LogP contribution in [-0.2, 0) is 56.8 Å². The fourth-order valence-corrected chi connectivity index (χ4v) is 8.22. The molecule has 0 unspecified atom stereocenters. The van der Waals surface area contributed by atoms with E-state index in [1.165, 1.54) is 77.0 Å². The molecule has 0 aliphatic rings. The molecule has 17 heteroatoms. The van der Waals surface area contributed by atoms with Crippen LogP contribution in [0.5, 0.6) is 17.2 Å². The van der Waals surface area contributed by atoms with Gasteiger partial charge in [-0.3, -0.25) is 5.10 Å². The molecule has 0 amide bonds. The number of rotatable bonds is 61. The van der Waals surface area contributed by atoms with Crippen molar-refractivity contribution >= 4 is 0 Å². The van der Waals surface area contributed by atoms with Gasteiger partial charge in [0.2, 0.25) is 5.75 Å². The quantitative estimate of drug-likeness (QED) is 0.0621. The van der Waals surface area contributed by atoms with Crippen LogP contribution in [0.1, 0.15) is 146 Å². The summed E-state index contributed by atoms with van der Waals surface area (Å²) in [5.41, 5.74) is 4.07. The SMILES string of the molecule is COCCOCCOCCOCCCCCCCCCOc1cc(-c2c(C)n[nH]c2C)cc(OCCCCCCCCCOCCOCCOCCOC)c1OCCCCCCCCCOCCOCCOCCOC. The van der Waals surface area contributed by atoms with Crippen molar-refractivity contribution in [1.29, 1.82) is 0 Å². The monoisotopic (exact) mass is 1080 g/mol. The van der Waals surface area contributed by atoms with Crippen molar-refractivity contribution in [3.8, 4) is 28.4 Å². The zero-order valence-electron chi connectivity index (χ0n) is 48.5. The Kier molecular flexibility index (Phi) is 49.6.